The number of aromatic nitrogens is 5. The number of amides is 1. The first-order valence-corrected chi connectivity index (χ1v) is 13.3. The van der Waals surface area contributed by atoms with Crippen LogP contribution in [0, 0.1) is 0 Å². The molecule has 1 amide bonds. The Morgan fingerprint density at radius 2 is 2.14 bits per heavy atom. The number of sulfone groups is 1. The number of pyridine rings is 1. The number of imidazole rings is 1. The number of nitrogens with zero attached hydrogens (tertiary/aromatic N) is 6. The third kappa shape index (κ3) is 3.31. The first-order valence-electron chi connectivity index (χ1n) is 11.0. The number of fused-ring (bicyclic) bond motifs is 2. The molecule has 11 nitrogen and oxygen atoms in total. The number of hydrogen-bond acceptors (Lipinski definition) is 7. The number of ether oxygens (including phenoxy) is 1. The van der Waals surface area contributed by atoms with Gasteiger partial charge >= 0.3 is 6.09 Å². The average Bonchev–Trinajstić information content (AvgIpc) is 3.48. The van der Waals surface area contributed by atoms with E-state index in [0.29, 0.717) is 46.8 Å². The predicted octanol–water partition coefficient (Wildman–Crippen LogP) is 2.93. The molecule has 3 aromatic heterocycles. The van der Waals surface area contributed by atoms with Crippen molar-refractivity contribution in [2.45, 2.75) is 36.2 Å². The SMILES string of the molecule is CS(=O)(=O)c1nn(Cc2nc3cc(Cl)ccc3n2C2OCC23CCCN3C(=O)O)c2cnccc12. The van der Waals surface area contributed by atoms with E-state index in [1.807, 2.05) is 10.6 Å². The van der Waals surface area contributed by atoms with E-state index >= 15 is 0 Å². The van der Waals surface area contributed by atoms with Gasteiger partial charge in [-0.05, 0) is 37.1 Å². The highest BCUT2D eigenvalue weighted by Crippen LogP contribution is 2.48. The Hall–Kier alpha value is -3.22. The zero-order chi connectivity index (χ0) is 24.5. The largest absolute Gasteiger partial charge is 0.465 e. The van der Waals surface area contributed by atoms with Crippen LogP contribution < -0.4 is 0 Å². The lowest BCUT2D eigenvalue weighted by Gasteiger charge is -2.51. The highest BCUT2D eigenvalue weighted by Gasteiger charge is 2.58. The predicted molar refractivity (Wildman–Crippen MR) is 126 cm³/mol. The summed E-state index contributed by atoms with van der Waals surface area (Å²) in [4.78, 5) is 22.4. The molecule has 2 saturated heterocycles. The van der Waals surface area contributed by atoms with Gasteiger partial charge in [-0.1, -0.05) is 11.6 Å². The number of carbonyl (C=O) groups is 1. The van der Waals surface area contributed by atoms with Crippen molar-refractivity contribution < 1.29 is 23.1 Å². The summed E-state index contributed by atoms with van der Waals surface area (Å²) in [6.07, 6.45) is 4.04. The second-order valence-electron chi connectivity index (χ2n) is 8.96. The molecule has 0 saturated carbocycles. The van der Waals surface area contributed by atoms with E-state index < -0.39 is 27.7 Å². The van der Waals surface area contributed by atoms with Gasteiger partial charge in [0.1, 0.15) is 11.4 Å². The fraction of sp³-hybridized carbons (Fsp3) is 0.364. The average molecular weight is 517 g/mol. The van der Waals surface area contributed by atoms with Crippen molar-refractivity contribution in [3.05, 3.63) is 47.5 Å². The second kappa shape index (κ2) is 7.64. The van der Waals surface area contributed by atoms with E-state index in [0.717, 1.165) is 18.2 Å². The maximum atomic E-state index is 12.4. The summed E-state index contributed by atoms with van der Waals surface area (Å²) in [5.74, 6) is 0.539. The summed E-state index contributed by atoms with van der Waals surface area (Å²) < 4.78 is 34.2. The van der Waals surface area contributed by atoms with Crippen molar-refractivity contribution in [1.82, 2.24) is 29.2 Å². The van der Waals surface area contributed by atoms with Crippen LogP contribution in [0.15, 0.2) is 41.7 Å². The molecule has 182 valence electrons. The van der Waals surface area contributed by atoms with Crippen molar-refractivity contribution >= 4 is 49.5 Å². The van der Waals surface area contributed by atoms with Crippen LogP contribution in [0.3, 0.4) is 0 Å². The lowest BCUT2D eigenvalue weighted by molar-refractivity contribution is -0.218. The molecule has 5 heterocycles. The molecule has 1 N–H and O–H groups in total. The van der Waals surface area contributed by atoms with Crippen molar-refractivity contribution in [3.63, 3.8) is 0 Å². The molecule has 2 atom stereocenters. The van der Waals surface area contributed by atoms with Crippen LogP contribution >= 0.6 is 11.6 Å². The Labute approximate surface area is 204 Å². The van der Waals surface area contributed by atoms with Crippen molar-refractivity contribution in [2.24, 2.45) is 0 Å². The summed E-state index contributed by atoms with van der Waals surface area (Å²) in [6.45, 7) is 0.854. The van der Waals surface area contributed by atoms with Gasteiger partial charge in [0, 0.05) is 29.4 Å². The number of benzene rings is 1. The topological polar surface area (TPSA) is 132 Å². The first-order chi connectivity index (χ1) is 16.7. The summed E-state index contributed by atoms with van der Waals surface area (Å²) in [5.41, 5.74) is 1.21. The van der Waals surface area contributed by atoms with E-state index in [9.17, 15) is 18.3 Å². The maximum Gasteiger partial charge on any atom is 0.408 e. The molecule has 35 heavy (non-hydrogen) atoms. The van der Waals surface area contributed by atoms with Gasteiger partial charge in [0.15, 0.2) is 21.1 Å². The Bertz CT molecular complexity index is 1620. The van der Waals surface area contributed by atoms with Crippen LogP contribution in [0.4, 0.5) is 4.79 Å². The summed E-state index contributed by atoms with van der Waals surface area (Å²) in [7, 11) is -3.59. The van der Waals surface area contributed by atoms with E-state index in [1.165, 1.54) is 11.1 Å². The van der Waals surface area contributed by atoms with Gasteiger partial charge in [0.2, 0.25) is 0 Å². The molecule has 6 rings (SSSR count). The quantitative estimate of drug-likeness (QED) is 0.438. The van der Waals surface area contributed by atoms with Crippen LogP contribution in [0.2, 0.25) is 5.02 Å². The monoisotopic (exact) mass is 516 g/mol. The summed E-state index contributed by atoms with van der Waals surface area (Å²) in [6, 6.07) is 6.92. The fourth-order valence-corrected chi connectivity index (χ4v) is 6.26. The highest BCUT2D eigenvalue weighted by molar-refractivity contribution is 7.90. The minimum atomic E-state index is -3.59. The molecular formula is C22H21ClN6O5S. The lowest BCUT2D eigenvalue weighted by Crippen LogP contribution is -2.63. The molecule has 4 aromatic rings. The number of carboxylic acid groups (broad SMARTS) is 1. The minimum Gasteiger partial charge on any atom is -0.465 e. The molecule has 2 fully saturated rings. The number of hydrogen-bond donors (Lipinski definition) is 1. The molecule has 2 aliphatic heterocycles. The van der Waals surface area contributed by atoms with Gasteiger partial charge in [-0.2, -0.15) is 5.10 Å². The van der Waals surface area contributed by atoms with Gasteiger partial charge in [-0.15, -0.1) is 0 Å². The molecular weight excluding hydrogens is 496 g/mol. The van der Waals surface area contributed by atoms with Crippen LogP contribution in [0.25, 0.3) is 21.9 Å². The Morgan fingerprint density at radius 3 is 2.86 bits per heavy atom. The third-order valence-electron chi connectivity index (χ3n) is 6.83. The highest BCUT2D eigenvalue weighted by atomic mass is 35.5. The molecule has 0 aliphatic carbocycles. The van der Waals surface area contributed by atoms with Crippen molar-refractivity contribution in [3.8, 4) is 0 Å². The van der Waals surface area contributed by atoms with Crippen LogP contribution in [-0.4, -0.2) is 73.8 Å². The third-order valence-corrected chi connectivity index (χ3v) is 8.07. The van der Waals surface area contributed by atoms with E-state index in [2.05, 4.69) is 10.1 Å². The van der Waals surface area contributed by atoms with E-state index in [-0.39, 0.29) is 11.6 Å². The molecule has 1 spiro atoms. The van der Waals surface area contributed by atoms with Gasteiger partial charge in [0.25, 0.3) is 0 Å². The summed E-state index contributed by atoms with van der Waals surface area (Å²) >= 11 is 6.23. The van der Waals surface area contributed by atoms with Gasteiger partial charge < -0.3 is 9.84 Å². The smallest absolute Gasteiger partial charge is 0.408 e. The molecule has 2 aliphatic rings. The van der Waals surface area contributed by atoms with E-state index in [1.54, 1.807) is 29.1 Å². The van der Waals surface area contributed by atoms with Crippen LogP contribution in [-0.2, 0) is 21.1 Å². The number of rotatable bonds is 4. The molecule has 1 aromatic carbocycles. The number of likely N-dealkylation sites (tertiary alicyclic amines) is 1. The van der Waals surface area contributed by atoms with Crippen LogP contribution in [0.5, 0.6) is 0 Å². The first kappa shape index (κ1) is 22.3. The Morgan fingerprint density at radius 1 is 1.31 bits per heavy atom. The molecule has 0 radical (unpaired) electrons. The second-order valence-corrected chi connectivity index (χ2v) is 11.3. The van der Waals surface area contributed by atoms with Gasteiger partial charge in [-0.3, -0.25) is 19.1 Å². The molecule has 13 heteroatoms. The summed E-state index contributed by atoms with van der Waals surface area (Å²) in [5, 5.41) is 15.2. The van der Waals surface area contributed by atoms with Crippen LogP contribution in [0.1, 0.15) is 24.9 Å². The molecule has 0 bridgehead atoms. The Balaban J connectivity index is 1.52. The number of halogens is 1. The zero-order valence-corrected chi connectivity index (χ0v) is 20.2. The normalized spacial score (nSPS) is 22.3. The zero-order valence-electron chi connectivity index (χ0n) is 18.6. The minimum absolute atomic E-state index is 0.0372. The lowest BCUT2D eigenvalue weighted by atomic mass is 9.89. The van der Waals surface area contributed by atoms with Gasteiger partial charge in [0.05, 0.1) is 35.9 Å². The van der Waals surface area contributed by atoms with Gasteiger partial charge in [-0.25, -0.2) is 18.2 Å². The maximum absolute atomic E-state index is 12.4. The Kier molecular flexibility index (Phi) is 4.86. The fourth-order valence-electron chi connectivity index (χ4n) is 5.27. The van der Waals surface area contributed by atoms with Crippen molar-refractivity contribution in [1.29, 1.82) is 0 Å². The van der Waals surface area contributed by atoms with Crippen molar-refractivity contribution in [2.75, 3.05) is 19.4 Å². The molecule has 2 unspecified atom stereocenters. The van der Waals surface area contributed by atoms with E-state index in [4.69, 9.17) is 21.3 Å². The standard InChI is InChI=1S/C22H21ClN6O5S/c1-35(32,33)19-14-5-7-24-10-17(14)28(26-19)11-18-25-15-9-13(23)3-4-16(15)29(18)20-22(12-34-20)6-2-8-27(22)21(30)31/h3-5,7,9-10,20H,2,6,8,11-12H2,1H3,(H,30,31).